The predicted octanol–water partition coefficient (Wildman–Crippen LogP) is 1.40. The van der Waals surface area contributed by atoms with E-state index in [-0.39, 0.29) is 11.1 Å². The zero-order chi connectivity index (χ0) is 11.9. The lowest BCUT2D eigenvalue weighted by Crippen LogP contribution is -2.21. The van der Waals surface area contributed by atoms with Gasteiger partial charge >= 0.3 is 0 Å². The first-order valence-electron chi connectivity index (χ1n) is 4.46. The number of allylic oxidation sites excluding steroid dienone is 2. The molecular weight excluding hydrogens is 212 g/mol. The monoisotopic (exact) mass is 220 g/mol. The largest absolute Gasteiger partial charge is 0.501 e. The maximum absolute atomic E-state index is 11.6. The van der Waals surface area contributed by atoms with Crippen molar-refractivity contribution >= 4 is 11.6 Å². The molecule has 0 radical (unpaired) electrons. The second-order valence-electron chi connectivity index (χ2n) is 3.27. The van der Waals surface area contributed by atoms with Crippen molar-refractivity contribution in [2.24, 2.45) is 0 Å². The summed E-state index contributed by atoms with van der Waals surface area (Å²) in [5.74, 6) is -3.00. The highest BCUT2D eigenvalue weighted by atomic mass is 16.5. The number of benzene rings is 1. The summed E-state index contributed by atoms with van der Waals surface area (Å²) in [4.78, 5) is 23.1. The highest BCUT2D eigenvalue weighted by Gasteiger charge is 2.32. The third-order valence-corrected chi connectivity index (χ3v) is 2.37. The first kappa shape index (κ1) is 10.2. The first-order valence-corrected chi connectivity index (χ1v) is 4.46. The summed E-state index contributed by atoms with van der Waals surface area (Å²) in [5, 5.41) is 18.5. The molecule has 2 rings (SSSR count). The van der Waals surface area contributed by atoms with E-state index in [4.69, 9.17) is 4.74 Å². The summed E-state index contributed by atoms with van der Waals surface area (Å²) in [6, 6.07) is 4.22. The molecule has 1 aromatic carbocycles. The zero-order valence-electron chi connectivity index (χ0n) is 8.35. The summed E-state index contributed by atoms with van der Waals surface area (Å²) in [6.07, 6.45) is 0. The molecule has 0 saturated heterocycles. The van der Waals surface area contributed by atoms with Gasteiger partial charge in [0, 0.05) is 11.1 Å². The molecule has 0 unspecified atom stereocenters. The molecule has 0 atom stereocenters. The minimum atomic E-state index is -0.925. The Kier molecular flexibility index (Phi) is 2.16. The van der Waals surface area contributed by atoms with E-state index in [1.807, 2.05) is 0 Å². The average molecular weight is 220 g/mol. The standard InChI is InChI=1S/C11H8O5/c1-16-5-2-3-6-7(4-5)9(13)11(15)10(14)8(6)12/h2-4,14-15H,1H3. The van der Waals surface area contributed by atoms with Gasteiger partial charge in [0.25, 0.3) is 0 Å². The molecule has 0 saturated carbocycles. The number of carbonyl (C=O) groups excluding carboxylic acids is 2. The van der Waals surface area contributed by atoms with Crippen molar-refractivity contribution in [3.8, 4) is 5.75 Å². The van der Waals surface area contributed by atoms with Gasteiger partial charge in [-0.15, -0.1) is 0 Å². The molecule has 0 heterocycles. The number of hydrogen-bond donors (Lipinski definition) is 2. The summed E-state index contributed by atoms with van der Waals surface area (Å²) in [7, 11) is 1.42. The Morgan fingerprint density at radius 1 is 1.00 bits per heavy atom. The van der Waals surface area contributed by atoms with Crippen LogP contribution in [-0.2, 0) is 0 Å². The fraction of sp³-hybridized carbons (Fsp3) is 0.0909. The average Bonchev–Trinajstić information content (AvgIpc) is 2.33. The van der Waals surface area contributed by atoms with Crippen molar-refractivity contribution in [2.45, 2.75) is 0 Å². The smallest absolute Gasteiger partial charge is 0.232 e. The van der Waals surface area contributed by atoms with Crippen LogP contribution in [-0.4, -0.2) is 28.9 Å². The molecule has 0 aliphatic heterocycles. The van der Waals surface area contributed by atoms with Crippen LogP contribution >= 0.6 is 0 Å². The van der Waals surface area contributed by atoms with E-state index in [1.54, 1.807) is 0 Å². The Bertz CT molecular complexity index is 527. The highest BCUT2D eigenvalue weighted by Crippen LogP contribution is 2.26. The van der Waals surface area contributed by atoms with Gasteiger partial charge in [-0.2, -0.15) is 0 Å². The van der Waals surface area contributed by atoms with E-state index in [0.29, 0.717) is 5.75 Å². The Hall–Kier alpha value is -2.30. The molecule has 16 heavy (non-hydrogen) atoms. The van der Waals surface area contributed by atoms with Gasteiger partial charge in [-0.05, 0) is 18.2 Å². The molecule has 0 spiro atoms. The number of rotatable bonds is 1. The number of methoxy groups -OCH3 is 1. The SMILES string of the molecule is COc1ccc2c(c1)C(=O)C(O)=C(O)C2=O. The quantitative estimate of drug-likeness (QED) is 0.747. The minimum absolute atomic E-state index is 0.0275. The van der Waals surface area contributed by atoms with Gasteiger partial charge in [0.2, 0.25) is 23.1 Å². The predicted molar refractivity (Wildman–Crippen MR) is 53.9 cm³/mol. The van der Waals surface area contributed by atoms with Crippen LogP contribution in [0.3, 0.4) is 0 Å². The van der Waals surface area contributed by atoms with Crippen LogP contribution in [0.1, 0.15) is 20.7 Å². The summed E-state index contributed by atoms with van der Waals surface area (Å²) >= 11 is 0. The van der Waals surface area contributed by atoms with E-state index in [9.17, 15) is 19.8 Å². The molecule has 2 N–H and O–H groups in total. The molecule has 5 heteroatoms. The molecule has 0 aromatic heterocycles. The van der Waals surface area contributed by atoms with Gasteiger partial charge in [0.15, 0.2) is 0 Å². The number of hydrogen-bond acceptors (Lipinski definition) is 5. The maximum Gasteiger partial charge on any atom is 0.232 e. The van der Waals surface area contributed by atoms with Crippen LogP contribution in [0.25, 0.3) is 0 Å². The number of ketones is 2. The number of aliphatic hydroxyl groups excluding tert-OH is 2. The lowest BCUT2D eigenvalue weighted by atomic mass is 9.92. The summed E-state index contributed by atoms with van der Waals surface area (Å²) in [6.45, 7) is 0. The Labute approximate surface area is 90.6 Å². The first-order chi connectivity index (χ1) is 7.56. The number of Topliss-reactive ketones (excluding diaryl/α,β-unsaturated/α-hetero) is 2. The Morgan fingerprint density at radius 3 is 2.12 bits per heavy atom. The van der Waals surface area contributed by atoms with Crippen molar-refractivity contribution in [1.82, 2.24) is 0 Å². The van der Waals surface area contributed by atoms with E-state index in [1.165, 1.54) is 25.3 Å². The van der Waals surface area contributed by atoms with Crippen LogP contribution in [0.15, 0.2) is 29.7 Å². The van der Waals surface area contributed by atoms with Crippen molar-refractivity contribution in [3.63, 3.8) is 0 Å². The van der Waals surface area contributed by atoms with Crippen LogP contribution in [0.4, 0.5) is 0 Å². The lowest BCUT2D eigenvalue weighted by molar-refractivity contribution is 0.0880. The topological polar surface area (TPSA) is 83.8 Å². The molecule has 1 aromatic rings. The van der Waals surface area contributed by atoms with Gasteiger partial charge in [-0.3, -0.25) is 9.59 Å². The number of aliphatic hydroxyl groups is 2. The van der Waals surface area contributed by atoms with Gasteiger partial charge in [-0.1, -0.05) is 0 Å². The van der Waals surface area contributed by atoms with Crippen molar-refractivity contribution in [3.05, 3.63) is 40.8 Å². The van der Waals surface area contributed by atoms with E-state index in [0.717, 1.165) is 0 Å². The number of carbonyl (C=O) groups is 2. The molecule has 5 nitrogen and oxygen atoms in total. The number of ether oxygens (including phenoxy) is 1. The molecule has 1 aliphatic rings. The van der Waals surface area contributed by atoms with Crippen LogP contribution in [0.5, 0.6) is 5.75 Å². The third-order valence-electron chi connectivity index (χ3n) is 2.37. The normalized spacial score (nSPS) is 15.1. The molecule has 0 fully saturated rings. The van der Waals surface area contributed by atoms with Crippen molar-refractivity contribution in [2.75, 3.05) is 7.11 Å². The third kappa shape index (κ3) is 1.25. The summed E-state index contributed by atoms with van der Waals surface area (Å²) < 4.78 is 4.90. The second kappa shape index (κ2) is 3.37. The zero-order valence-corrected chi connectivity index (χ0v) is 8.35. The molecule has 0 bridgehead atoms. The number of fused-ring (bicyclic) bond motifs is 1. The van der Waals surface area contributed by atoms with Crippen LogP contribution < -0.4 is 4.74 Å². The van der Waals surface area contributed by atoms with Gasteiger partial charge in [-0.25, -0.2) is 0 Å². The molecule has 1 aliphatic carbocycles. The Balaban J connectivity index is 2.67. The van der Waals surface area contributed by atoms with E-state index in [2.05, 4.69) is 0 Å². The molecule has 0 amide bonds. The van der Waals surface area contributed by atoms with Gasteiger partial charge in [0.1, 0.15) is 5.75 Å². The van der Waals surface area contributed by atoms with E-state index < -0.39 is 23.1 Å². The van der Waals surface area contributed by atoms with Crippen LogP contribution in [0.2, 0.25) is 0 Å². The second-order valence-corrected chi connectivity index (χ2v) is 3.27. The summed E-state index contributed by atoms with van der Waals surface area (Å²) in [5.41, 5.74) is 0.0840. The van der Waals surface area contributed by atoms with Crippen molar-refractivity contribution in [1.29, 1.82) is 0 Å². The van der Waals surface area contributed by atoms with Crippen LogP contribution in [0, 0.1) is 0 Å². The maximum atomic E-state index is 11.6. The fourth-order valence-electron chi connectivity index (χ4n) is 1.51. The van der Waals surface area contributed by atoms with Crippen molar-refractivity contribution < 1.29 is 24.5 Å². The van der Waals surface area contributed by atoms with Gasteiger partial charge in [0.05, 0.1) is 7.11 Å². The lowest BCUT2D eigenvalue weighted by Gasteiger charge is -2.14. The minimum Gasteiger partial charge on any atom is -0.501 e. The highest BCUT2D eigenvalue weighted by molar-refractivity contribution is 6.25. The fourth-order valence-corrected chi connectivity index (χ4v) is 1.51. The van der Waals surface area contributed by atoms with E-state index >= 15 is 0 Å². The Morgan fingerprint density at radius 2 is 1.56 bits per heavy atom. The molecule has 82 valence electrons. The molecular formula is C11H8O5. The van der Waals surface area contributed by atoms with Gasteiger partial charge < -0.3 is 14.9 Å².